The van der Waals surface area contributed by atoms with Crippen molar-refractivity contribution in [2.75, 3.05) is 12.8 Å². The molecule has 1 amide bonds. The lowest BCUT2D eigenvalue weighted by Gasteiger charge is -2.10. The van der Waals surface area contributed by atoms with Crippen molar-refractivity contribution in [3.63, 3.8) is 0 Å². The Morgan fingerprint density at radius 3 is 2.87 bits per heavy atom. The van der Waals surface area contributed by atoms with Crippen LogP contribution in [0.4, 0.5) is 10.5 Å². The first-order valence-corrected chi connectivity index (χ1v) is 5.21. The van der Waals surface area contributed by atoms with Crippen molar-refractivity contribution < 1.29 is 14.6 Å². The smallest absolute Gasteiger partial charge is 0.404 e. The van der Waals surface area contributed by atoms with Gasteiger partial charge in [-0.15, -0.1) is 0 Å². The Hall–Kier alpha value is -1.18. The number of amides is 1. The number of anilines is 1. The van der Waals surface area contributed by atoms with Crippen molar-refractivity contribution in [1.29, 1.82) is 0 Å². The molecule has 0 saturated carbocycles. The molecule has 1 aromatic carbocycles. The number of ether oxygens (including phenoxy) is 1. The van der Waals surface area contributed by atoms with Crippen LogP contribution in [0.3, 0.4) is 0 Å². The molecule has 82 valence electrons. The number of hydrogen-bond acceptors (Lipinski definition) is 3. The van der Waals surface area contributed by atoms with Gasteiger partial charge in [-0.25, -0.2) is 4.79 Å². The standard InChI is InChI=1S/C9H11IN2O3/c1-15-8-3-7(11)6(10)2-5(8)4-12-9(13)14/h2-3,12H,4,11H2,1H3,(H,13,14). The van der Waals surface area contributed by atoms with E-state index in [-0.39, 0.29) is 6.54 Å². The number of benzene rings is 1. The normalized spacial score (nSPS) is 9.73. The van der Waals surface area contributed by atoms with Gasteiger partial charge in [-0.3, -0.25) is 0 Å². The molecule has 5 nitrogen and oxygen atoms in total. The van der Waals surface area contributed by atoms with E-state index in [0.717, 1.165) is 9.13 Å². The van der Waals surface area contributed by atoms with Gasteiger partial charge in [0.1, 0.15) is 5.75 Å². The van der Waals surface area contributed by atoms with Crippen LogP contribution in [0.2, 0.25) is 0 Å². The SMILES string of the molecule is COc1cc(N)c(I)cc1CNC(=O)O. The first kappa shape index (κ1) is 11.9. The lowest BCUT2D eigenvalue weighted by molar-refractivity contribution is 0.194. The first-order chi connectivity index (χ1) is 7.04. The number of nitrogen functional groups attached to an aromatic ring is 1. The molecule has 0 unspecified atom stereocenters. The predicted octanol–water partition coefficient (Wildman–Crippen LogP) is 1.65. The van der Waals surface area contributed by atoms with Crippen molar-refractivity contribution >= 4 is 34.4 Å². The largest absolute Gasteiger partial charge is 0.496 e. The molecular formula is C9H11IN2O3. The Labute approximate surface area is 101 Å². The molecular weight excluding hydrogens is 311 g/mol. The van der Waals surface area contributed by atoms with E-state index in [1.54, 1.807) is 12.1 Å². The monoisotopic (exact) mass is 322 g/mol. The van der Waals surface area contributed by atoms with Gasteiger partial charge in [0, 0.05) is 27.4 Å². The zero-order chi connectivity index (χ0) is 11.4. The zero-order valence-corrected chi connectivity index (χ0v) is 10.2. The second-order valence-corrected chi connectivity index (χ2v) is 4.01. The summed E-state index contributed by atoms with van der Waals surface area (Å²) >= 11 is 2.08. The molecule has 0 aliphatic heterocycles. The Morgan fingerprint density at radius 2 is 2.33 bits per heavy atom. The Bertz CT molecular complexity index is 382. The minimum Gasteiger partial charge on any atom is -0.496 e. The Kier molecular flexibility index (Phi) is 4.01. The summed E-state index contributed by atoms with van der Waals surface area (Å²) in [5.41, 5.74) is 7.08. The molecule has 0 bridgehead atoms. The maximum atomic E-state index is 10.3. The summed E-state index contributed by atoms with van der Waals surface area (Å²) in [6, 6.07) is 3.48. The third-order valence-corrected chi connectivity index (χ3v) is 2.76. The second-order valence-electron chi connectivity index (χ2n) is 2.84. The molecule has 0 spiro atoms. The molecule has 0 aliphatic rings. The molecule has 0 heterocycles. The number of hydrogen-bond donors (Lipinski definition) is 3. The van der Waals surface area contributed by atoms with Crippen LogP contribution < -0.4 is 15.8 Å². The van der Waals surface area contributed by atoms with E-state index in [1.807, 2.05) is 0 Å². The van der Waals surface area contributed by atoms with Crippen LogP contribution in [-0.4, -0.2) is 18.3 Å². The van der Waals surface area contributed by atoms with Gasteiger partial charge in [-0.05, 0) is 28.7 Å². The van der Waals surface area contributed by atoms with Crippen LogP contribution in [0.1, 0.15) is 5.56 Å². The molecule has 0 radical (unpaired) electrons. The van der Waals surface area contributed by atoms with Gasteiger partial charge < -0.3 is 20.9 Å². The summed E-state index contributed by atoms with van der Waals surface area (Å²) in [6.07, 6.45) is -1.07. The van der Waals surface area contributed by atoms with Crippen LogP contribution >= 0.6 is 22.6 Å². The minimum atomic E-state index is -1.07. The van der Waals surface area contributed by atoms with Gasteiger partial charge in [-0.1, -0.05) is 0 Å². The van der Waals surface area contributed by atoms with E-state index < -0.39 is 6.09 Å². The number of halogens is 1. The third-order valence-electron chi connectivity index (χ3n) is 1.83. The van der Waals surface area contributed by atoms with Crippen LogP contribution in [0.25, 0.3) is 0 Å². The van der Waals surface area contributed by atoms with Crippen molar-refractivity contribution in [1.82, 2.24) is 5.32 Å². The highest BCUT2D eigenvalue weighted by Crippen LogP contribution is 2.26. The van der Waals surface area contributed by atoms with Crippen LogP contribution in [-0.2, 0) is 6.54 Å². The lowest BCUT2D eigenvalue weighted by atomic mass is 10.2. The molecule has 1 rings (SSSR count). The van der Waals surface area contributed by atoms with Gasteiger partial charge in [0.15, 0.2) is 0 Å². The topological polar surface area (TPSA) is 84.6 Å². The van der Waals surface area contributed by atoms with E-state index >= 15 is 0 Å². The second kappa shape index (κ2) is 5.06. The Balaban J connectivity index is 2.94. The number of carboxylic acid groups (broad SMARTS) is 1. The fourth-order valence-electron chi connectivity index (χ4n) is 1.11. The molecule has 6 heteroatoms. The number of carbonyl (C=O) groups is 1. The molecule has 4 N–H and O–H groups in total. The fourth-order valence-corrected chi connectivity index (χ4v) is 1.64. The van der Waals surface area contributed by atoms with Crippen molar-refractivity contribution in [3.8, 4) is 5.75 Å². The molecule has 1 aromatic rings. The van der Waals surface area contributed by atoms with Crippen LogP contribution in [0.5, 0.6) is 5.75 Å². The van der Waals surface area contributed by atoms with Gasteiger partial charge in [0.2, 0.25) is 0 Å². The predicted molar refractivity (Wildman–Crippen MR) is 65.0 cm³/mol. The van der Waals surface area contributed by atoms with Crippen molar-refractivity contribution in [3.05, 3.63) is 21.3 Å². The van der Waals surface area contributed by atoms with E-state index in [4.69, 9.17) is 15.6 Å². The average molecular weight is 322 g/mol. The third kappa shape index (κ3) is 3.15. The fraction of sp³-hybridized carbons (Fsp3) is 0.222. The summed E-state index contributed by atoms with van der Waals surface area (Å²) in [5.74, 6) is 0.585. The molecule has 0 saturated heterocycles. The molecule has 0 aromatic heterocycles. The highest BCUT2D eigenvalue weighted by molar-refractivity contribution is 14.1. The molecule has 15 heavy (non-hydrogen) atoms. The average Bonchev–Trinajstić information content (AvgIpc) is 2.19. The van der Waals surface area contributed by atoms with Crippen molar-refractivity contribution in [2.45, 2.75) is 6.54 Å². The molecule has 0 fully saturated rings. The summed E-state index contributed by atoms with van der Waals surface area (Å²) in [4.78, 5) is 10.3. The first-order valence-electron chi connectivity index (χ1n) is 4.13. The zero-order valence-electron chi connectivity index (χ0n) is 8.08. The molecule has 0 aliphatic carbocycles. The van der Waals surface area contributed by atoms with Crippen molar-refractivity contribution in [2.24, 2.45) is 0 Å². The lowest BCUT2D eigenvalue weighted by Crippen LogP contribution is -2.20. The maximum absolute atomic E-state index is 10.3. The van der Waals surface area contributed by atoms with Crippen LogP contribution in [0.15, 0.2) is 12.1 Å². The van der Waals surface area contributed by atoms with E-state index in [2.05, 4.69) is 27.9 Å². The van der Waals surface area contributed by atoms with E-state index in [9.17, 15) is 4.79 Å². The highest BCUT2D eigenvalue weighted by Gasteiger charge is 2.07. The van der Waals surface area contributed by atoms with Gasteiger partial charge in [-0.2, -0.15) is 0 Å². The van der Waals surface area contributed by atoms with E-state index in [0.29, 0.717) is 11.4 Å². The summed E-state index contributed by atoms with van der Waals surface area (Å²) in [5, 5.41) is 10.8. The number of methoxy groups -OCH3 is 1. The van der Waals surface area contributed by atoms with Crippen LogP contribution in [0, 0.1) is 3.57 Å². The van der Waals surface area contributed by atoms with Gasteiger partial charge in [0.25, 0.3) is 0 Å². The minimum absolute atomic E-state index is 0.203. The maximum Gasteiger partial charge on any atom is 0.404 e. The summed E-state index contributed by atoms with van der Waals surface area (Å²) in [6.45, 7) is 0.203. The molecule has 0 atom stereocenters. The number of nitrogens with two attached hydrogens (primary N) is 1. The van der Waals surface area contributed by atoms with Gasteiger partial charge in [0.05, 0.1) is 7.11 Å². The van der Waals surface area contributed by atoms with Gasteiger partial charge >= 0.3 is 6.09 Å². The number of nitrogens with one attached hydrogen (secondary N) is 1. The number of rotatable bonds is 3. The van der Waals surface area contributed by atoms with E-state index in [1.165, 1.54) is 7.11 Å². The Morgan fingerprint density at radius 1 is 1.67 bits per heavy atom. The summed E-state index contributed by atoms with van der Waals surface area (Å²) < 4.78 is 5.97. The summed E-state index contributed by atoms with van der Waals surface area (Å²) in [7, 11) is 1.52. The quantitative estimate of drug-likeness (QED) is 0.584. The highest BCUT2D eigenvalue weighted by atomic mass is 127.